The molecule has 0 aromatic carbocycles. The number of likely N-dealkylation sites (N-methyl/N-ethyl adjacent to an activating group) is 1. The van der Waals surface area contributed by atoms with E-state index in [9.17, 15) is 17.2 Å². The molecule has 4 heterocycles. The number of hydrazine groups is 1. The maximum atomic E-state index is 13.4. The van der Waals surface area contributed by atoms with Crippen molar-refractivity contribution in [3.05, 3.63) is 30.9 Å². The van der Waals surface area contributed by atoms with Gasteiger partial charge < -0.3 is 14.9 Å². The molecule has 0 amide bonds. The largest absolute Gasteiger partial charge is 0.353 e. The number of hydrogen-bond donors (Lipinski definition) is 2. The van der Waals surface area contributed by atoms with E-state index in [1.165, 1.54) is 28.9 Å². The van der Waals surface area contributed by atoms with Crippen LogP contribution in [-0.4, -0.2) is 94.8 Å². The summed E-state index contributed by atoms with van der Waals surface area (Å²) in [5.74, 6) is 0.812. The number of aromatic amines is 1. The predicted octanol–water partition coefficient (Wildman–Crippen LogP) is 0.757. The monoisotopic (exact) mass is 468 g/mol. The van der Waals surface area contributed by atoms with Gasteiger partial charge >= 0.3 is 0 Å². The molecule has 2 aromatic rings. The summed E-state index contributed by atoms with van der Waals surface area (Å²) < 4.78 is 54.9. The van der Waals surface area contributed by atoms with Gasteiger partial charge in [0.2, 0.25) is 0 Å². The highest BCUT2D eigenvalue weighted by Crippen LogP contribution is 2.47. The summed E-state index contributed by atoms with van der Waals surface area (Å²) in [5, 5.41) is 2.21. The van der Waals surface area contributed by atoms with Crippen LogP contribution in [0.1, 0.15) is 12.8 Å². The quantitative estimate of drug-likeness (QED) is 0.619. The molecule has 10 nitrogen and oxygen atoms in total. The molecule has 13 heteroatoms. The van der Waals surface area contributed by atoms with Gasteiger partial charge in [0, 0.05) is 45.6 Å². The van der Waals surface area contributed by atoms with Crippen LogP contribution in [-0.2, 0) is 10.2 Å². The molecule has 1 saturated carbocycles. The van der Waals surface area contributed by atoms with Gasteiger partial charge in [0.05, 0.1) is 23.5 Å². The van der Waals surface area contributed by atoms with Gasteiger partial charge in [-0.25, -0.2) is 24.2 Å². The number of halogens is 2. The van der Waals surface area contributed by atoms with Gasteiger partial charge in [0.25, 0.3) is 16.6 Å². The van der Waals surface area contributed by atoms with Crippen LogP contribution in [0.25, 0.3) is 11.0 Å². The molecule has 174 valence electrons. The Morgan fingerprint density at radius 2 is 2.12 bits per heavy atom. The van der Waals surface area contributed by atoms with Gasteiger partial charge in [-0.2, -0.15) is 17.0 Å². The summed E-state index contributed by atoms with van der Waals surface area (Å²) in [6.07, 6.45) is 5.69. The van der Waals surface area contributed by atoms with E-state index in [1.54, 1.807) is 10.4 Å². The highest BCUT2D eigenvalue weighted by atomic mass is 32.2. The molecule has 1 atom stereocenters. The van der Waals surface area contributed by atoms with E-state index in [4.69, 9.17) is 0 Å². The third kappa shape index (κ3) is 3.83. The van der Waals surface area contributed by atoms with E-state index in [1.807, 2.05) is 12.3 Å². The van der Waals surface area contributed by atoms with Crippen LogP contribution < -0.4 is 10.3 Å². The summed E-state index contributed by atoms with van der Waals surface area (Å²) in [6, 6.07) is 1.58. The lowest BCUT2D eigenvalue weighted by Gasteiger charge is -2.43. The number of nitrogens with one attached hydrogen (secondary N) is 2. The summed E-state index contributed by atoms with van der Waals surface area (Å²) in [6.45, 7) is 1.17. The van der Waals surface area contributed by atoms with Gasteiger partial charge in [-0.05, 0) is 25.0 Å². The van der Waals surface area contributed by atoms with Crippen LogP contribution in [0.15, 0.2) is 30.9 Å². The number of alkyl halides is 2. The fourth-order valence-electron chi connectivity index (χ4n) is 4.58. The second-order valence-electron chi connectivity index (χ2n) is 8.56. The third-order valence-electron chi connectivity index (χ3n) is 6.34. The van der Waals surface area contributed by atoms with Crippen LogP contribution in [0.3, 0.4) is 0 Å². The number of H-pyrrole nitrogens is 1. The van der Waals surface area contributed by atoms with Crippen LogP contribution >= 0.6 is 0 Å². The topological polar surface area (TPSA) is 101 Å². The third-order valence-corrected chi connectivity index (χ3v) is 8.40. The Labute approximate surface area is 185 Å². The van der Waals surface area contributed by atoms with Crippen molar-refractivity contribution in [2.45, 2.75) is 30.8 Å². The molecule has 1 saturated heterocycles. The lowest BCUT2D eigenvalue weighted by Crippen LogP contribution is -2.60. The fourth-order valence-corrected chi connectivity index (χ4v) is 6.30. The van der Waals surface area contributed by atoms with E-state index in [-0.39, 0.29) is 12.6 Å². The Balaban J connectivity index is 1.27. The maximum absolute atomic E-state index is 13.4. The Hall–Kier alpha value is -2.35. The molecule has 1 unspecified atom stereocenters. The van der Waals surface area contributed by atoms with Crippen LogP contribution in [0.4, 0.5) is 14.6 Å². The van der Waals surface area contributed by atoms with Crippen LogP contribution in [0.5, 0.6) is 0 Å². The minimum absolute atomic E-state index is 0.157. The number of aromatic nitrogens is 3. The zero-order valence-electron chi connectivity index (χ0n) is 17.7. The summed E-state index contributed by atoms with van der Waals surface area (Å²) in [7, 11) is -2.17. The first-order chi connectivity index (χ1) is 15.3. The smallest absolute Gasteiger partial charge is 0.282 e. The van der Waals surface area contributed by atoms with Crippen molar-refractivity contribution in [1.82, 2.24) is 34.0 Å². The van der Waals surface area contributed by atoms with E-state index in [2.05, 4.69) is 25.3 Å². The molecule has 2 N–H and O–H groups in total. The molecule has 0 radical (unpaired) electrons. The van der Waals surface area contributed by atoms with Gasteiger partial charge in [-0.1, -0.05) is 0 Å². The molecule has 0 bridgehead atoms. The molecule has 2 aliphatic heterocycles. The van der Waals surface area contributed by atoms with Crippen molar-refractivity contribution in [1.29, 1.82) is 0 Å². The molecular weight excluding hydrogens is 442 g/mol. The molecular formula is C19H26F2N8O2S. The fraction of sp³-hybridized carbons (Fsp3) is 0.579. The summed E-state index contributed by atoms with van der Waals surface area (Å²) in [5.41, 5.74) is 3.21. The predicted molar refractivity (Wildman–Crippen MR) is 115 cm³/mol. The maximum Gasteiger partial charge on any atom is 0.282 e. The van der Waals surface area contributed by atoms with Crippen molar-refractivity contribution in [3.63, 3.8) is 0 Å². The number of piperazine rings is 1. The Morgan fingerprint density at radius 3 is 2.88 bits per heavy atom. The van der Waals surface area contributed by atoms with Crippen molar-refractivity contribution in [2.24, 2.45) is 0 Å². The Bertz CT molecular complexity index is 1120. The first kappa shape index (κ1) is 21.5. The summed E-state index contributed by atoms with van der Waals surface area (Å²) >= 11 is 0. The standard InChI is InChI=1S/C19H26F2N8O2S/c1-26(10-14-3-7-28(25-14)11-16(20)21)32(30,31)29-9-8-27(12-19(29)4-5-19)18-15-2-6-22-17(15)23-13-24-18/h2-3,6-7,13-14,16,25H,4-5,8-12H2,1H3,(H,22,23,24). The molecule has 1 spiro atoms. The van der Waals surface area contributed by atoms with Crippen molar-refractivity contribution in [2.75, 3.05) is 44.7 Å². The lowest BCUT2D eigenvalue weighted by atomic mass is 10.2. The zero-order chi connectivity index (χ0) is 22.5. The molecule has 32 heavy (non-hydrogen) atoms. The number of fused-ring (bicyclic) bond motifs is 1. The van der Waals surface area contributed by atoms with E-state index >= 15 is 0 Å². The highest BCUT2D eigenvalue weighted by Gasteiger charge is 2.56. The average Bonchev–Trinajstić information content (AvgIpc) is 3.14. The van der Waals surface area contributed by atoms with Crippen molar-refractivity contribution < 1.29 is 17.2 Å². The number of nitrogens with zero attached hydrogens (tertiary/aromatic N) is 6. The minimum Gasteiger partial charge on any atom is -0.353 e. The number of anilines is 1. The Kier molecular flexibility index (Phi) is 5.31. The number of rotatable bonds is 7. The minimum atomic E-state index is -3.71. The van der Waals surface area contributed by atoms with E-state index < -0.39 is 28.7 Å². The van der Waals surface area contributed by atoms with Crippen molar-refractivity contribution >= 4 is 27.1 Å². The van der Waals surface area contributed by atoms with Gasteiger partial charge in [-0.3, -0.25) is 0 Å². The highest BCUT2D eigenvalue weighted by molar-refractivity contribution is 7.86. The first-order valence-corrected chi connectivity index (χ1v) is 11.9. The zero-order valence-corrected chi connectivity index (χ0v) is 18.5. The number of hydrogen-bond acceptors (Lipinski definition) is 7. The first-order valence-electron chi connectivity index (χ1n) is 10.5. The van der Waals surface area contributed by atoms with Crippen LogP contribution in [0.2, 0.25) is 0 Å². The van der Waals surface area contributed by atoms with Crippen LogP contribution in [0, 0.1) is 0 Å². The molecule has 2 aromatic heterocycles. The SMILES string of the molecule is CN(CC1C=CN(CC(F)F)N1)S(=O)(=O)N1CCN(c2ncnc3[nH]ccc23)CC12CC2. The molecule has 3 aliphatic rings. The Morgan fingerprint density at radius 1 is 1.31 bits per heavy atom. The van der Waals surface area contributed by atoms with Gasteiger partial charge in [-0.15, -0.1) is 0 Å². The average molecular weight is 469 g/mol. The molecule has 1 aliphatic carbocycles. The molecule has 2 fully saturated rings. The summed E-state index contributed by atoms with van der Waals surface area (Å²) in [4.78, 5) is 13.9. The van der Waals surface area contributed by atoms with Gasteiger partial charge in [0.15, 0.2) is 0 Å². The van der Waals surface area contributed by atoms with E-state index in [0.717, 1.165) is 29.7 Å². The normalized spacial score (nSPS) is 23.3. The lowest BCUT2D eigenvalue weighted by molar-refractivity contribution is 0.0890. The second kappa shape index (κ2) is 7.90. The van der Waals surface area contributed by atoms with E-state index in [0.29, 0.717) is 19.6 Å². The van der Waals surface area contributed by atoms with Gasteiger partial charge in [0.1, 0.15) is 17.8 Å². The van der Waals surface area contributed by atoms with Crippen molar-refractivity contribution in [3.8, 4) is 0 Å². The second-order valence-corrected chi connectivity index (χ2v) is 10.5. The molecule has 5 rings (SSSR count).